The van der Waals surface area contributed by atoms with Crippen molar-refractivity contribution < 1.29 is 35.9 Å². The Kier molecular flexibility index (Phi) is 6.54. The summed E-state index contributed by atoms with van der Waals surface area (Å²) in [5.41, 5.74) is -3.33. The Morgan fingerprint density at radius 2 is 1.47 bits per heavy atom. The number of amides is 2. The zero-order chi connectivity index (χ0) is 23.7. The quantitative estimate of drug-likeness (QED) is 0.570. The molecule has 4 nitrogen and oxygen atoms in total. The fourth-order valence-corrected chi connectivity index (χ4v) is 3.21. The van der Waals surface area contributed by atoms with Gasteiger partial charge < -0.3 is 10.2 Å². The summed E-state index contributed by atoms with van der Waals surface area (Å²) in [6, 6.07) is 6.91. The minimum Gasteiger partial charge on any atom is -0.334 e. The SMILES string of the molecule is O=C(Nc1ccc(Cl)cc1)C1=CCCN(C(=O)c2cc(C(F)(F)F)cc(C(F)(F)F)c2)C1. The van der Waals surface area contributed by atoms with Crippen LogP contribution in [-0.2, 0) is 17.1 Å². The molecule has 2 amide bonds. The molecule has 0 unspecified atom stereocenters. The van der Waals surface area contributed by atoms with Gasteiger partial charge in [0.1, 0.15) is 0 Å². The van der Waals surface area contributed by atoms with E-state index >= 15 is 0 Å². The van der Waals surface area contributed by atoms with Crippen molar-refractivity contribution in [2.45, 2.75) is 18.8 Å². The maximum atomic E-state index is 13.1. The van der Waals surface area contributed by atoms with Gasteiger partial charge in [0.05, 0.1) is 17.7 Å². The number of rotatable bonds is 3. The molecule has 0 spiro atoms. The van der Waals surface area contributed by atoms with Gasteiger partial charge >= 0.3 is 12.4 Å². The van der Waals surface area contributed by atoms with Crippen molar-refractivity contribution in [2.24, 2.45) is 0 Å². The van der Waals surface area contributed by atoms with Crippen LogP contribution in [0.15, 0.2) is 54.1 Å². The van der Waals surface area contributed by atoms with Crippen LogP contribution in [0.4, 0.5) is 32.0 Å². The van der Waals surface area contributed by atoms with Crippen molar-refractivity contribution in [2.75, 3.05) is 18.4 Å². The third-order valence-corrected chi connectivity index (χ3v) is 4.92. The van der Waals surface area contributed by atoms with Crippen LogP contribution in [0, 0.1) is 0 Å². The first kappa shape index (κ1) is 23.6. The van der Waals surface area contributed by atoms with Gasteiger partial charge in [-0.25, -0.2) is 0 Å². The average Bonchev–Trinajstić information content (AvgIpc) is 2.73. The molecule has 170 valence electrons. The Hall–Kier alpha value is -3.01. The molecule has 1 heterocycles. The van der Waals surface area contributed by atoms with Gasteiger partial charge in [0, 0.05) is 28.4 Å². The van der Waals surface area contributed by atoms with E-state index in [0.29, 0.717) is 22.8 Å². The highest BCUT2D eigenvalue weighted by Gasteiger charge is 2.38. The van der Waals surface area contributed by atoms with E-state index in [0.717, 1.165) is 4.90 Å². The Bertz CT molecular complexity index is 1030. The zero-order valence-corrected chi connectivity index (χ0v) is 16.9. The molecule has 1 N–H and O–H groups in total. The Morgan fingerprint density at radius 3 is 2.00 bits per heavy atom. The standard InChI is InChI=1S/C21H15ClF6N2O2/c22-16-3-5-17(6-4-16)29-18(31)12-2-1-7-30(11-12)19(32)13-8-14(20(23,24)25)10-15(9-13)21(26,27)28/h2-6,8-10H,1,7,11H2,(H,29,31). The molecule has 0 saturated carbocycles. The molecule has 0 aliphatic carbocycles. The number of halogens is 7. The molecule has 3 rings (SSSR count). The molecule has 0 aromatic heterocycles. The largest absolute Gasteiger partial charge is 0.416 e. The summed E-state index contributed by atoms with van der Waals surface area (Å²) in [6.45, 7) is -0.232. The van der Waals surface area contributed by atoms with Gasteiger partial charge in [0.15, 0.2) is 0 Å². The second kappa shape index (κ2) is 8.85. The molecular formula is C21H15ClF6N2O2. The number of alkyl halides is 6. The summed E-state index contributed by atoms with van der Waals surface area (Å²) in [5.74, 6) is -1.59. The Morgan fingerprint density at radius 1 is 0.906 bits per heavy atom. The summed E-state index contributed by atoms with van der Waals surface area (Å²) in [5, 5.41) is 3.05. The lowest BCUT2D eigenvalue weighted by Crippen LogP contribution is -2.38. The van der Waals surface area contributed by atoms with Crippen molar-refractivity contribution in [3.63, 3.8) is 0 Å². The summed E-state index contributed by atoms with van der Waals surface area (Å²) in [7, 11) is 0. The second-order valence-corrected chi connectivity index (χ2v) is 7.44. The number of hydrogen-bond donors (Lipinski definition) is 1. The minimum absolute atomic E-state index is 0.0359. The monoisotopic (exact) mass is 476 g/mol. The fraction of sp³-hybridized carbons (Fsp3) is 0.238. The van der Waals surface area contributed by atoms with Gasteiger partial charge in [0.25, 0.3) is 11.8 Å². The van der Waals surface area contributed by atoms with Gasteiger partial charge in [-0.2, -0.15) is 26.3 Å². The van der Waals surface area contributed by atoms with E-state index in [-0.39, 0.29) is 31.1 Å². The van der Waals surface area contributed by atoms with E-state index in [2.05, 4.69) is 5.32 Å². The predicted molar refractivity (Wildman–Crippen MR) is 105 cm³/mol. The molecule has 1 aliphatic heterocycles. The van der Waals surface area contributed by atoms with Crippen LogP contribution in [0.25, 0.3) is 0 Å². The number of nitrogens with one attached hydrogen (secondary N) is 1. The summed E-state index contributed by atoms with van der Waals surface area (Å²) < 4.78 is 78.5. The van der Waals surface area contributed by atoms with Gasteiger partial charge in [-0.05, 0) is 48.9 Å². The van der Waals surface area contributed by atoms with Gasteiger partial charge in [-0.15, -0.1) is 0 Å². The zero-order valence-electron chi connectivity index (χ0n) is 16.1. The smallest absolute Gasteiger partial charge is 0.334 e. The van der Waals surface area contributed by atoms with Crippen LogP contribution in [0.5, 0.6) is 0 Å². The van der Waals surface area contributed by atoms with E-state index in [9.17, 15) is 35.9 Å². The van der Waals surface area contributed by atoms with Crippen LogP contribution < -0.4 is 5.32 Å². The van der Waals surface area contributed by atoms with Crippen LogP contribution in [0.1, 0.15) is 27.9 Å². The molecule has 0 atom stereocenters. The number of nitrogens with zero attached hydrogens (tertiary/aromatic N) is 1. The molecule has 32 heavy (non-hydrogen) atoms. The van der Waals surface area contributed by atoms with Crippen molar-refractivity contribution in [1.82, 2.24) is 4.90 Å². The highest BCUT2D eigenvalue weighted by atomic mass is 35.5. The van der Waals surface area contributed by atoms with Crippen LogP contribution in [0.2, 0.25) is 5.02 Å². The molecule has 0 radical (unpaired) electrons. The Balaban J connectivity index is 1.81. The van der Waals surface area contributed by atoms with Crippen molar-refractivity contribution in [1.29, 1.82) is 0 Å². The van der Waals surface area contributed by atoms with E-state index in [1.165, 1.54) is 0 Å². The summed E-state index contributed by atoms with van der Waals surface area (Å²) in [4.78, 5) is 26.3. The normalized spacial score (nSPS) is 14.7. The molecule has 1 aliphatic rings. The molecule has 0 fully saturated rings. The lowest BCUT2D eigenvalue weighted by atomic mass is 10.0. The molecule has 0 saturated heterocycles. The van der Waals surface area contributed by atoms with Crippen LogP contribution in [0.3, 0.4) is 0 Å². The van der Waals surface area contributed by atoms with E-state index in [1.807, 2.05) is 0 Å². The van der Waals surface area contributed by atoms with Gasteiger partial charge in [-0.1, -0.05) is 17.7 Å². The maximum absolute atomic E-state index is 13.1. The summed E-state index contributed by atoms with van der Waals surface area (Å²) >= 11 is 5.78. The first-order chi connectivity index (χ1) is 14.8. The minimum atomic E-state index is -5.07. The lowest BCUT2D eigenvalue weighted by molar-refractivity contribution is -0.143. The summed E-state index contributed by atoms with van der Waals surface area (Å²) in [6.07, 6.45) is -8.37. The number of benzene rings is 2. The molecular weight excluding hydrogens is 462 g/mol. The molecule has 2 aromatic carbocycles. The van der Waals surface area contributed by atoms with Crippen molar-refractivity contribution in [3.05, 3.63) is 75.8 Å². The topological polar surface area (TPSA) is 49.4 Å². The Labute approximate surface area is 183 Å². The lowest BCUT2D eigenvalue weighted by Gasteiger charge is -2.27. The first-order valence-corrected chi connectivity index (χ1v) is 9.57. The second-order valence-electron chi connectivity index (χ2n) is 7.00. The predicted octanol–water partition coefficient (Wildman–Crippen LogP) is 5.79. The number of anilines is 1. The van der Waals surface area contributed by atoms with E-state index < -0.39 is 40.9 Å². The van der Waals surface area contributed by atoms with Gasteiger partial charge in [-0.3, -0.25) is 9.59 Å². The first-order valence-electron chi connectivity index (χ1n) is 9.19. The number of carbonyl (C=O) groups is 2. The third kappa shape index (κ3) is 5.61. The number of hydrogen-bond acceptors (Lipinski definition) is 2. The molecule has 11 heteroatoms. The number of carbonyl (C=O) groups excluding carboxylic acids is 2. The van der Waals surface area contributed by atoms with Gasteiger partial charge in [0.2, 0.25) is 0 Å². The fourth-order valence-electron chi connectivity index (χ4n) is 3.09. The maximum Gasteiger partial charge on any atom is 0.416 e. The van der Waals surface area contributed by atoms with E-state index in [4.69, 9.17) is 11.6 Å². The highest BCUT2D eigenvalue weighted by Crippen LogP contribution is 2.36. The molecule has 2 aromatic rings. The van der Waals surface area contributed by atoms with Crippen LogP contribution in [-0.4, -0.2) is 29.8 Å². The third-order valence-electron chi connectivity index (χ3n) is 4.67. The van der Waals surface area contributed by atoms with Crippen LogP contribution >= 0.6 is 11.6 Å². The molecule has 0 bridgehead atoms. The van der Waals surface area contributed by atoms with E-state index in [1.54, 1.807) is 30.3 Å². The highest BCUT2D eigenvalue weighted by molar-refractivity contribution is 6.30. The average molecular weight is 477 g/mol. The van der Waals surface area contributed by atoms with Crippen molar-refractivity contribution >= 4 is 29.1 Å². The van der Waals surface area contributed by atoms with Crippen molar-refractivity contribution in [3.8, 4) is 0 Å².